The van der Waals surface area contributed by atoms with Gasteiger partial charge in [0.15, 0.2) is 0 Å². The largest absolute Gasteiger partial charge is 0.390 e. The Bertz CT molecular complexity index is 179. The van der Waals surface area contributed by atoms with Gasteiger partial charge in [-0.3, -0.25) is 0 Å². The highest BCUT2D eigenvalue weighted by Crippen LogP contribution is 2.18. The highest BCUT2D eigenvalue weighted by molar-refractivity contribution is 4.74. The zero-order chi connectivity index (χ0) is 10.5. The monoisotopic (exact) mass is 216 g/mol. The van der Waals surface area contributed by atoms with Crippen LogP contribution in [0, 0.1) is 5.92 Å². The standard InChI is InChI=1S/C11H20O4/c12-10-3-6-14-8-11(10)15-7-9-1-4-13-5-2-9/h9-12H,1-8H2. The van der Waals surface area contributed by atoms with Crippen molar-refractivity contribution in [2.45, 2.75) is 31.5 Å². The minimum absolute atomic E-state index is 0.124. The Morgan fingerprint density at radius 2 is 1.80 bits per heavy atom. The lowest BCUT2D eigenvalue weighted by Gasteiger charge is -2.30. The maximum Gasteiger partial charge on any atom is 0.107 e. The lowest BCUT2D eigenvalue weighted by atomic mass is 10.0. The van der Waals surface area contributed by atoms with Crippen molar-refractivity contribution in [3.8, 4) is 0 Å². The number of hydrogen-bond acceptors (Lipinski definition) is 4. The molecule has 2 rings (SSSR count). The molecule has 2 fully saturated rings. The van der Waals surface area contributed by atoms with Crippen LogP contribution in [-0.2, 0) is 14.2 Å². The summed E-state index contributed by atoms with van der Waals surface area (Å²) in [5.74, 6) is 0.591. The zero-order valence-corrected chi connectivity index (χ0v) is 9.06. The van der Waals surface area contributed by atoms with E-state index < -0.39 is 0 Å². The third kappa shape index (κ3) is 3.41. The Kier molecular flexibility index (Phi) is 4.38. The van der Waals surface area contributed by atoms with Crippen molar-refractivity contribution >= 4 is 0 Å². The van der Waals surface area contributed by atoms with Gasteiger partial charge in [0, 0.05) is 19.8 Å². The minimum Gasteiger partial charge on any atom is -0.390 e. The molecule has 2 unspecified atom stereocenters. The number of aliphatic hydroxyl groups excluding tert-OH is 1. The zero-order valence-electron chi connectivity index (χ0n) is 9.06. The Balaban J connectivity index is 1.67. The van der Waals surface area contributed by atoms with Gasteiger partial charge in [-0.2, -0.15) is 0 Å². The summed E-state index contributed by atoms with van der Waals surface area (Å²) in [4.78, 5) is 0. The predicted molar refractivity (Wildman–Crippen MR) is 54.7 cm³/mol. The van der Waals surface area contributed by atoms with Crippen LogP contribution in [-0.4, -0.2) is 50.3 Å². The minimum atomic E-state index is -0.349. The molecule has 15 heavy (non-hydrogen) atoms. The van der Waals surface area contributed by atoms with Gasteiger partial charge in [-0.1, -0.05) is 0 Å². The molecule has 0 radical (unpaired) electrons. The van der Waals surface area contributed by atoms with E-state index in [1.807, 2.05) is 0 Å². The van der Waals surface area contributed by atoms with Crippen LogP contribution in [0.4, 0.5) is 0 Å². The van der Waals surface area contributed by atoms with Crippen molar-refractivity contribution < 1.29 is 19.3 Å². The summed E-state index contributed by atoms with van der Waals surface area (Å²) in [6, 6.07) is 0. The first-order valence-corrected chi connectivity index (χ1v) is 5.81. The second-order valence-corrected chi connectivity index (χ2v) is 4.36. The van der Waals surface area contributed by atoms with Gasteiger partial charge < -0.3 is 19.3 Å². The maximum absolute atomic E-state index is 9.67. The summed E-state index contributed by atoms with van der Waals surface area (Å²) in [7, 11) is 0. The molecule has 0 amide bonds. The Hall–Kier alpha value is -0.160. The second kappa shape index (κ2) is 5.80. The maximum atomic E-state index is 9.67. The average molecular weight is 216 g/mol. The van der Waals surface area contributed by atoms with Gasteiger partial charge in [-0.15, -0.1) is 0 Å². The van der Waals surface area contributed by atoms with E-state index in [0.29, 0.717) is 25.6 Å². The highest BCUT2D eigenvalue weighted by Gasteiger charge is 2.25. The lowest BCUT2D eigenvalue weighted by Crippen LogP contribution is -2.40. The molecule has 0 aliphatic carbocycles. The van der Waals surface area contributed by atoms with E-state index in [4.69, 9.17) is 14.2 Å². The van der Waals surface area contributed by atoms with Crippen molar-refractivity contribution in [2.24, 2.45) is 5.92 Å². The van der Waals surface area contributed by atoms with E-state index in [2.05, 4.69) is 0 Å². The number of aliphatic hydroxyl groups is 1. The SMILES string of the molecule is OC1CCOCC1OCC1CCOCC1. The summed E-state index contributed by atoms with van der Waals surface area (Å²) in [6.45, 7) is 3.60. The van der Waals surface area contributed by atoms with Gasteiger partial charge in [0.2, 0.25) is 0 Å². The molecule has 0 spiro atoms. The molecule has 0 aromatic carbocycles. The number of ether oxygens (including phenoxy) is 3. The molecule has 0 aromatic heterocycles. The molecule has 88 valence electrons. The summed E-state index contributed by atoms with van der Waals surface area (Å²) in [6.07, 6.45) is 2.37. The molecular formula is C11H20O4. The third-order valence-corrected chi connectivity index (χ3v) is 3.16. The predicted octanol–water partition coefficient (Wildman–Crippen LogP) is 0.579. The van der Waals surface area contributed by atoms with Gasteiger partial charge in [0.25, 0.3) is 0 Å². The summed E-state index contributed by atoms with van der Waals surface area (Å²) in [5, 5.41) is 9.67. The fourth-order valence-corrected chi connectivity index (χ4v) is 2.03. The van der Waals surface area contributed by atoms with Gasteiger partial charge in [0.05, 0.1) is 19.3 Å². The van der Waals surface area contributed by atoms with Crippen LogP contribution in [0.5, 0.6) is 0 Å². The van der Waals surface area contributed by atoms with E-state index in [1.165, 1.54) is 0 Å². The van der Waals surface area contributed by atoms with Crippen molar-refractivity contribution in [1.29, 1.82) is 0 Å². The molecule has 1 N–H and O–H groups in total. The van der Waals surface area contributed by atoms with Crippen LogP contribution in [0.25, 0.3) is 0 Å². The first-order chi connectivity index (χ1) is 7.36. The van der Waals surface area contributed by atoms with Crippen LogP contribution < -0.4 is 0 Å². The van der Waals surface area contributed by atoms with Gasteiger partial charge in [0.1, 0.15) is 6.10 Å². The van der Waals surface area contributed by atoms with Crippen molar-refractivity contribution in [3.05, 3.63) is 0 Å². The van der Waals surface area contributed by atoms with E-state index in [-0.39, 0.29) is 12.2 Å². The smallest absolute Gasteiger partial charge is 0.107 e. The quantitative estimate of drug-likeness (QED) is 0.749. The van der Waals surface area contributed by atoms with Crippen LogP contribution >= 0.6 is 0 Å². The molecule has 2 heterocycles. The van der Waals surface area contributed by atoms with Gasteiger partial charge >= 0.3 is 0 Å². The number of hydrogen-bond donors (Lipinski definition) is 1. The highest BCUT2D eigenvalue weighted by atomic mass is 16.5. The summed E-state index contributed by atoms with van der Waals surface area (Å²) < 4.78 is 16.3. The molecule has 2 aliphatic heterocycles. The van der Waals surface area contributed by atoms with Crippen molar-refractivity contribution in [1.82, 2.24) is 0 Å². The van der Waals surface area contributed by atoms with Crippen LogP contribution in [0.3, 0.4) is 0 Å². The molecule has 0 aromatic rings. The van der Waals surface area contributed by atoms with Crippen molar-refractivity contribution in [2.75, 3.05) is 33.0 Å². The lowest BCUT2D eigenvalue weighted by molar-refractivity contribution is -0.128. The molecular weight excluding hydrogens is 196 g/mol. The van der Waals surface area contributed by atoms with Crippen LogP contribution in [0.2, 0.25) is 0 Å². The Morgan fingerprint density at radius 1 is 1.07 bits per heavy atom. The van der Waals surface area contributed by atoms with E-state index in [9.17, 15) is 5.11 Å². The van der Waals surface area contributed by atoms with E-state index in [0.717, 1.165) is 32.7 Å². The van der Waals surface area contributed by atoms with Gasteiger partial charge in [-0.05, 0) is 25.2 Å². The normalized spacial score (nSPS) is 34.2. The third-order valence-electron chi connectivity index (χ3n) is 3.16. The second-order valence-electron chi connectivity index (χ2n) is 4.36. The Morgan fingerprint density at radius 3 is 2.53 bits per heavy atom. The first kappa shape index (κ1) is 11.3. The molecule has 0 bridgehead atoms. The Labute approximate surface area is 90.5 Å². The molecule has 2 saturated heterocycles. The summed E-state index contributed by atoms with van der Waals surface area (Å²) in [5.41, 5.74) is 0. The molecule has 0 saturated carbocycles. The fraction of sp³-hybridized carbons (Fsp3) is 1.00. The first-order valence-electron chi connectivity index (χ1n) is 5.81. The van der Waals surface area contributed by atoms with Crippen molar-refractivity contribution in [3.63, 3.8) is 0 Å². The summed E-state index contributed by atoms with van der Waals surface area (Å²) >= 11 is 0. The average Bonchev–Trinajstić information content (AvgIpc) is 2.29. The van der Waals surface area contributed by atoms with Gasteiger partial charge in [-0.25, -0.2) is 0 Å². The topological polar surface area (TPSA) is 47.9 Å². The van der Waals surface area contributed by atoms with Crippen LogP contribution in [0.1, 0.15) is 19.3 Å². The molecule has 4 heteroatoms. The van der Waals surface area contributed by atoms with E-state index in [1.54, 1.807) is 0 Å². The fourth-order valence-electron chi connectivity index (χ4n) is 2.03. The van der Waals surface area contributed by atoms with E-state index >= 15 is 0 Å². The van der Waals surface area contributed by atoms with Crippen LogP contribution in [0.15, 0.2) is 0 Å². The molecule has 4 nitrogen and oxygen atoms in total. The molecule has 2 aliphatic rings. The molecule has 2 atom stereocenters. The number of rotatable bonds is 3.